The Bertz CT molecular complexity index is 1160. The molecule has 8 heteroatoms. The summed E-state index contributed by atoms with van der Waals surface area (Å²) in [5.41, 5.74) is 4.38. The van der Waals surface area contributed by atoms with Gasteiger partial charge in [-0.2, -0.15) is 0 Å². The maximum absolute atomic E-state index is 12.6. The largest absolute Gasteiger partial charge is 0.484 e. The van der Waals surface area contributed by atoms with Gasteiger partial charge in [0.2, 0.25) is 6.79 Å². The van der Waals surface area contributed by atoms with Gasteiger partial charge in [0.05, 0.1) is 5.69 Å². The van der Waals surface area contributed by atoms with Gasteiger partial charge in [-0.25, -0.2) is 0 Å². The fraction of sp³-hybridized carbons (Fsp3) is 0.320. The molecule has 8 nitrogen and oxygen atoms in total. The van der Waals surface area contributed by atoms with E-state index in [4.69, 9.17) is 14.2 Å². The van der Waals surface area contributed by atoms with Crippen molar-refractivity contribution in [1.29, 1.82) is 0 Å². The van der Waals surface area contributed by atoms with Gasteiger partial charge >= 0.3 is 0 Å². The van der Waals surface area contributed by atoms with E-state index in [-0.39, 0.29) is 19.3 Å². The number of piperazine rings is 1. The van der Waals surface area contributed by atoms with E-state index in [2.05, 4.69) is 47.1 Å². The van der Waals surface area contributed by atoms with Crippen molar-refractivity contribution in [3.8, 4) is 28.5 Å². The Morgan fingerprint density at radius 2 is 1.76 bits per heavy atom. The summed E-state index contributed by atoms with van der Waals surface area (Å²) in [5.74, 6) is 2.70. The van der Waals surface area contributed by atoms with E-state index >= 15 is 0 Å². The number of anilines is 1. The van der Waals surface area contributed by atoms with Crippen molar-refractivity contribution in [2.75, 3.05) is 44.5 Å². The molecule has 0 saturated carbocycles. The van der Waals surface area contributed by atoms with Crippen LogP contribution in [0, 0.1) is 13.8 Å². The van der Waals surface area contributed by atoms with Crippen molar-refractivity contribution in [2.24, 2.45) is 0 Å². The average Bonchev–Trinajstić information content (AvgIpc) is 3.31. The lowest BCUT2D eigenvalue weighted by Gasteiger charge is -2.35. The van der Waals surface area contributed by atoms with Crippen molar-refractivity contribution in [1.82, 2.24) is 15.1 Å². The van der Waals surface area contributed by atoms with E-state index in [1.165, 1.54) is 11.1 Å². The van der Waals surface area contributed by atoms with Crippen LogP contribution in [0.5, 0.6) is 17.2 Å². The zero-order valence-corrected chi connectivity index (χ0v) is 18.8. The van der Waals surface area contributed by atoms with Crippen LogP contribution in [-0.4, -0.2) is 60.6 Å². The molecule has 0 aliphatic carbocycles. The van der Waals surface area contributed by atoms with E-state index in [9.17, 15) is 4.79 Å². The third-order valence-electron chi connectivity index (χ3n) is 5.97. The summed E-state index contributed by atoms with van der Waals surface area (Å²) in [6.07, 6.45) is 0. The summed E-state index contributed by atoms with van der Waals surface area (Å²) < 4.78 is 16.3. The molecule has 170 valence electrons. The van der Waals surface area contributed by atoms with E-state index in [1.807, 2.05) is 17.0 Å². The van der Waals surface area contributed by atoms with E-state index in [1.54, 1.807) is 18.2 Å². The van der Waals surface area contributed by atoms with Crippen LogP contribution in [0.15, 0.2) is 48.5 Å². The fourth-order valence-electron chi connectivity index (χ4n) is 4.13. The van der Waals surface area contributed by atoms with Crippen molar-refractivity contribution in [3.05, 3.63) is 59.7 Å². The molecular formula is C25H26N4O4. The Morgan fingerprint density at radius 1 is 0.939 bits per heavy atom. The van der Waals surface area contributed by atoms with Gasteiger partial charge in [-0.3, -0.25) is 4.79 Å². The molecule has 0 bridgehead atoms. The fourth-order valence-corrected chi connectivity index (χ4v) is 4.13. The Balaban J connectivity index is 1.14. The average molecular weight is 447 g/mol. The highest BCUT2D eigenvalue weighted by Gasteiger charge is 2.23. The SMILES string of the molecule is Cc1ccc(-c2ccc(N3CCN(C(=O)COc4ccc5c(c4)OCO5)CC3)nn2)c(C)c1. The zero-order chi connectivity index (χ0) is 22.8. The number of aryl methyl sites for hydroxylation is 2. The number of benzene rings is 2. The molecular weight excluding hydrogens is 420 g/mol. The molecule has 2 aromatic carbocycles. The number of carbonyl (C=O) groups is 1. The molecule has 1 fully saturated rings. The highest BCUT2D eigenvalue weighted by atomic mass is 16.7. The minimum Gasteiger partial charge on any atom is -0.484 e. The number of carbonyl (C=O) groups excluding carboxylic acids is 1. The molecule has 0 unspecified atom stereocenters. The number of nitrogens with zero attached hydrogens (tertiary/aromatic N) is 4. The predicted octanol–water partition coefficient (Wildman–Crippen LogP) is 3.22. The first-order valence-corrected chi connectivity index (χ1v) is 11.0. The van der Waals surface area contributed by atoms with Gasteiger partial charge in [-0.15, -0.1) is 10.2 Å². The van der Waals surface area contributed by atoms with Crippen LogP contribution in [0.2, 0.25) is 0 Å². The van der Waals surface area contributed by atoms with Crippen LogP contribution in [-0.2, 0) is 4.79 Å². The topological polar surface area (TPSA) is 77.0 Å². The first kappa shape index (κ1) is 21.1. The zero-order valence-electron chi connectivity index (χ0n) is 18.8. The van der Waals surface area contributed by atoms with Gasteiger partial charge in [-0.1, -0.05) is 23.8 Å². The molecule has 5 rings (SSSR count). The molecule has 3 heterocycles. The van der Waals surface area contributed by atoms with Crippen LogP contribution in [0.1, 0.15) is 11.1 Å². The second-order valence-electron chi connectivity index (χ2n) is 8.27. The van der Waals surface area contributed by atoms with E-state index < -0.39 is 0 Å². The van der Waals surface area contributed by atoms with Crippen LogP contribution in [0.4, 0.5) is 5.82 Å². The Labute approximate surface area is 192 Å². The van der Waals surface area contributed by atoms with Crippen molar-refractivity contribution < 1.29 is 19.0 Å². The van der Waals surface area contributed by atoms with Crippen LogP contribution < -0.4 is 19.1 Å². The van der Waals surface area contributed by atoms with Gasteiger partial charge in [0, 0.05) is 37.8 Å². The maximum Gasteiger partial charge on any atom is 0.260 e. The van der Waals surface area contributed by atoms with Crippen molar-refractivity contribution in [3.63, 3.8) is 0 Å². The molecule has 0 radical (unpaired) electrons. The van der Waals surface area contributed by atoms with Gasteiger partial charge in [0.15, 0.2) is 23.9 Å². The number of amides is 1. The highest BCUT2D eigenvalue weighted by Crippen LogP contribution is 2.35. The monoisotopic (exact) mass is 446 g/mol. The number of aromatic nitrogens is 2. The van der Waals surface area contributed by atoms with Crippen LogP contribution in [0.3, 0.4) is 0 Å². The second-order valence-corrected chi connectivity index (χ2v) is 8.27. The normalized spacial score (nSPS) is 15.0. The van der Waals surface area contributed by atoms with Gasteiger partial charge in [0.25, 0.3) is 5.91 Å². The molecule has 1 saturated heterocycles. The van der Waals surface area contributed by atoms with E-state index in [0.29, 0.717) is 43.4 Å². The predicted molar refractivity (Wildman–Crippen MR) is 124 cm³/mol. The van der Waals surface area contributed by atoms with Crippen molar-refractivity contribution >= 4 is 11.7 Å². The van der Waals surface area contributed by atoms with E-state index in [0.717, 1.165) is 17.1 Å². The lowest BCUT2D eigenvalue weighted by Crippen LogP contribution is -2.50. The molecule has 0 N–H and O–H groups in total. The molecule has 2 aliphatic rings. The minimum atomic E-state index is -0.0383. The van der Waals surface area contributed by atoms with Gasteiger partial charge < -0.3 is 24.0 Å². The maximum atomic E-state index is 12.6. The quantitative estimate of drug-likeness (QED) is 0.596. The summed E-state index contributed by atoms with van der Waals surface area (Å²) in [6.45, 7) is 7.00. The standard InChI is InChI=1S/C25H26N4O4/c1-17-3-5-20(18(2)13-17)21-6-8-24(27-26-21)28-9-11-29(12-10-28)25(30)15-31-19-4-7-22-23(14-19)33-16-32-22/h3-8,13-14H,9-12,15-16H2,1-2H3. The summed E-state index contributed by atoms with van der Waals surface area (Å²) >= 11 is 0. The lowest BCUT2D eigenvalue weighted by molar-refractivity contribution is -0.133. The molecule has 0 spiro atoms. The Morgan fingerprint density at radius 3 is 2.52 bits per heavy atom. The minimum absolute atomic E-state index is 0.00987. The number of ether oxygens (including phenoxy) is 3. The molecule has 2 aliphatic heterocycles. The van der Waals surface area contributed by atoms with Crippen molar-refractivity contribution in [2.45, 2.75) is 13.8 Å². The molecule has 0 atom stereocenters. The number of fused-ring (bicyclic) bond motifs is 1. The Kier molecular flexibility index (Phi) is 5.73. The summed E-state index contributed by atoms with van der Waals surface area (Å²) in [4.78, 5) is 16.6. The number of hydrogen-bond donors (Lipinski definition) is 0. The third-order valence-corrected chi connectivity index (χ3v) is 5.97. The number of hydrogen-bond acceptors (Lipinski definition) is 7. The Hall–Kier alpha value is -3.81. The molecule has 33 heavy (non-hydrogen) atoms. The summed E-state index contributed by atoms with van der Waals surface area (Å²) in [6, 6.07) is 15.6. The van der Waals surface area contributed by atoms with Gasteiger partial charge in [-0.05, 0) is 43.7 Å². The van der Waals surface area contributed by atoms with Gasteiger partial charge in [0.1, 0.15) is 5.75 Å². The molecule has 1 aromatic heterocycles. The smallest absolute Gasteiger partial charge is 0.260 e. The highest BCUT2D eigenvalue weighted by molar-refractivity contribution is 5.78. The molecule has 1 amide bonds. The molecule has 3 aromatic rings. The summed E-state index contributed by atoms with van der Waals surface area (Å²) in [5, 5.41) is 8.89. The summed E-state index contributed by atoms with van der Waals surface area (Å²) in [7, 11) is 0. The third kappa shape index (κ3) is 4.55. The lowest BCUT2D eigenvalue weighted by atomic mass is 10.0. The van der Waals surface area contributed by atoms with Crippen LogP contribution in [0.25, 0.3) is 11.3 Å². The second kappa shape index (κ2) is 8.97. The first-order valence-electron chi connectivity index (χ1n) is 11.0. The van der Waals surface area contributed by atoms with Crippen LogP contribution >= 0.6 is 0 Å². The first-order chi connectivity index (χ1) is 16.1. The number of rotatable bonds is 5.